The molecule has 1 aromatic heterocycles. The average molecular weight is 368 g/mol. The highest BCUT2D eigenvalue weighted by Crippen LogP contribution is 2.40. The Balaban J connectivity index is 2.22. The van der Waals surface area contributed by atoms with Crippen molar-refractivity contribution in [3.8, 4) is 11.3 Å². The lowest BCUT2D eigenvalue weighted by molar-refractivity contribution is 0.748. The molecular weight excluding hydrogens is 351 g/mol. The van der Waals surface area contributed by atoms with Gasteiger partial charge in [0.15, 0.2) is 0 Å². The highest BCUT2D eigenvalue weighted by atomic mass is 35.5. The standard InChI is InChI=1S/C18H17Cl3N2/c19-13-7-4-8-14(20)16(13)18-12(5-1-2-10-22)11-6-3-9-15(21)17(11)23-18/h3-4,6-9,23H,1-2,5,10,22H2. The summed E-state index contributed by atoms with van der Waals surface area (Å²) >= 11 is 19.2. The number of hydrogen-bond acceptors (Lipinski definition) is 1. The quantitative estimate of drug-likeness (QED) is 0.527. The number of hydrogen-bond donors (Lipinski definition) is 2. The molecular formula is C18H17Cl3N2. The first-order valence-corrected chi connectivity index (χ1v) is 8.70. The summed E-state index contributed by atoms with van der Waals surface area (Å²) in [5.74, 6) is 0. The normalized spacial score (nSPS) is 11.3. The van der Waals surface area contributed by atoms with Crippen LogP contribution in [0.4, 0.5) is 0 Å². The number of aromatic nitrogens is 1. The molecule has 0 aliphatic rings. The van der Waals surface area contributed by atoms with Gasteiger partial charge in [-0.2, -0.15) is 0 Å². The van der Waals surface area contributed by atoms with Crippen LogP contribution >= 0.6 is 34.8 Å². The summed E-state index contributed by atoms with van der Waals surface area (Å²) in [5, 5.41) is 3.05. The average Bonchev–Trinajstić information content (AvgIpc) is 2.88. The van der Waals surface area contributed by atoms with E-state index in [0.717, 1.165) is 41.4 Å². The fourth-order valence-corrected chi connectivity index (χ4v) is 3.70. The van der Waals surface area contributed by atoms with Crippen molar-refractivity contribution in [3.05, 3.63) is 57.0 Å². The molecule has 23 heavy (non-hydrogen) atoms. The minimum Gasteiger partial charge on any atom is -0.353 e. The molecule has 120 valence electrons. The van der Waals surface area contributed by atoms with E-state index in [0.29, 0.717) is 21.6 Å². The van der Waals surface area contributed by atoms with Crippen LogP contribution in [0.15, 0.2) is 36.4 Å². The summed E-state index contributed by atoms with van der Waals surface area (Å²) < 4.78 is 0. The number of halogens is 3. The third-order valence-electron chi connectivity index (χ3n) is 3.98. The second kappa shape index (κ2) is 7.14. The van der Waals surface area contributed by atoms with Gasteiger partial charge in [0.25, 0.3) is 0 Å². The van der Waals surface area contributed by atoms with Crippen molar-refractivity contribution in [2.75, 3.05) is 6.54 Å². The SMILES string of the molecule is NCCCCc1c(-c2c(Cl)cccc2Cl)[nH]c2c(Cl)cccc12. The van der Waals surface area contributed by atoms with Gasteiger partial charge in [0, 0.05) is 10.9 Å². The maximum absolute atomic E-state index is 6.41. The van der Waals surface area contributed by atoms with Gasteiger partial charge in [0.2, 0.25) is 0 Å². The maximum atomic E-state index is 6.41. The number of rotatable bonds is 5. The number of nitrogens with two attached hydrogens (primary N) is 1. The zero-order valence-electron chi connectivity index (χ0n) is 12.5. The van der Waals surface area contributed by atoms with Crippen LogP contribution in [0.5, 0.6) is 0 Å². The Morgan fingerprint density at radius 1 is 0.870 bits per heavy atom. The highest BCUT2D eigenvalue weighted by molar-refractivity contribution is 6.39. The van der Waals surface area contributed by atoms with Crippen LogP contribution in [-0.4, -0.2) is 11.5 Å². The first-order chi connectivity index (χ1) is 11.1. The molecule has 0 fully saturated rings. The summed E-state index contributed by atoms with van der Waals surface area (Å²) in [4.78, 5) is 3.43. The third kappa shape index (κ3) is 3.22. The summed E-state index contributed by atoms with van der Waals surface area (Å²) in [6.45, 7) is 0.686. The molecule has 1 heterocycles. The van der Waals surface area contributed by atoms with Crippen molar-refractivity contribution in [2.45, 2.75) is 19.3 Å². The molecule has 3 N–H and O–H groups in total. The van der Waals surface area contributed by atoms with Crippen molar-refractivity contribution in [1.29, 1.82) is 0 Å². The Morgan fingerprint density at radius 3 is 2.22 bits per heavy atom. The topological polar surface area (TPSA) is 41.8 Å². The number of benzene rings is 2. The van der Waals surface area contributed by atoms with Crippen molar-refractivity contribution < 1.29 is 0 Å². The van der Waals surface area contributed by atoms with Gasteiger partial charge in [-0.25, -0.2) is 0 Å². The molecule has 0 radical (unpaired) electrons. The van der Waals surface area contributed by atoms with Gasteiger partial charge in [0.1, 0.15) is 0 Å². The fraction of sp³-hybridized carbons (Fsp3) is 0.222. The second-order valence-corrected chi connectivity index (χ2v) is 6.70. The number of para-hydroxylation sites is 1. The van der Waals surface area contributed by atoms with Gasteiger partial charge in [-0.05, 0) is 49.6 Å². The zero-order valence-corrected chi connectivity index (χ0v) is 14.8. The van der Waals surface area contributed by atoms with E-state index in [4.69, 9.17) is 40.5 Å². The third-order valence-corrected chi connectivity index (χ3v) is 4.93. The first-order valence-electron chi connectivity index (χ1n) is 7.57. The maximum Gasteiger partial charge on any atom is 0.0651 e. The summed E-state index contributed by atoms with van der Waals surface area (Å²) in [7, 11) is 0. The molecule has 0 aliphatic heterocycles. The van der Waals surface area contributed by atoms with E-state index in [1.807, 2.05) is 30.3 Å². The molecule has 2 aromatic carbocycles. The van der Waals surface area contributed by atoms with Gasteiger partial charge in [-0.1, -0.05) is 53.0 Å². The van der Waals surface area contributed by atoms with Crippen LogP contribution in [0.3, 0.4) is 0 Å². The molecule has 5 heteroatoms. The summed E-state index contributed by atoms with van der Waals surface area (Å²) in [5.41, 5.74) is 9.51. The Morgan fingerprint density at radius 2 is 1.52 bits per heavy atom. The number of nitrogens with one attached hydrogen (secondary N) is 1. The van der Waals surface area contributed by atoms with Crippen LogP contribution < -0.4 is 5.73 Å². The Labute approximate surface area is 150 Å². The highest BCUT2D eigenvalue weighted by Gasteiger charge is 2.18. The summed E-state index contributed by atoms with van der Waals surface area (Å²) in [6.07, 6.45) is 2.88. The monoisotopic (exact) mass is 366 g/mol. The molecule has 0 bridgehead atoms. The lowest BCUT2D eigenvalue weighted by Gasteiger charge is -2.09. The molecule has 0 aliphatic carbocycles. The fourth-order valence-electron chi connectivity index (χ4n) is 2.89. The molecule has 3 aromatic rings. The molecule has 0 atom stereocenters. The van der Waals surface area contributed by atoms with Gasteiger partial charge in [-0.3, -0.25) is 0 Å². The van der Waals surface area contributed by atoms with Crippen LogP contribution in [0.2, 0.25) is 15.1 Å². The lowest BCUT2D eigenvalue weighted by Crippen LogP contribution is -1.99. The van der Waals surface area contributed by atoms with Crippen LogP contribution in [0, 0.1) is 0 Å². The largest absolute Gasteiger partial charge is 0.353 e. The molecule has 2 nitrogen and oxygen atoms in total. The van der Waals surface area contributed by atoms with Gasteiger partial charge in [0.05, 0.1) is 26.3 Å². The molecule has 0 saturated carbocycles. The Hall–Kier alpha value is -1.19. The van der Waals surface area contributed by atoms with Gasteiger partial charge in [-0.15, -0.1) is 0 Å². The molecule has 0 spiro atoms. The van der Waals surface area contributed by atoms with Crippen LogP contribution in [0.1, 0.15) is 18.4 Å². The van der Waals surface area contributed by atoms with Crippen LogP contribution in [0.25, 0.3) is 22.2 Å². The Kier molecular flexibility index (Phi) is 5.17. The molecule has 3 rings (SSSR count). The number of aryl methyl sites for hydroxylation is 1. The van der Waals surface area contributed by atoms with Crippen molar-refractivity contribution >= 4 is 45.7 Å². The smallest absolute Gasteiger partial charge is 0.0651 e. The van der Waals surface area contributed by atoms with E-state index in [1.54, 1.807) is 0 Å². The summed E-state index contributed by atoms with van der Waals surface area (Å²) in [6, 6.07) is 11.5. The molecule has 0 amide bonds. The van der Waals surface area contributed by atoms with E-state index >= 15 is 0 Å². The number of H-pyrrole nitrogens is 1. The predicted molar refractivity (Wildman–Crippen MR) is 101 cm³/mol. The Bertz CT molecular complexity index is 819. The lowest BCUT2D eigenvalue weighted by atomic mass is 10.00. The van der Waals surface area contributed by atoms with E-state index in [-0.39, 0.29) is 0 Å². The van der Waals surface area contributed by atoms with E-state index in [2.05, 4.69) is 11.1 Å². The first kappa shape index (κ1) is 16.7. The number of unbranched alkanes of at least 4 members (excludes halogenated alkanes) is 1. The number of aromatic amines is 1. The minimum absolute atomic E-state index is 0.625. The van der Waals surface area contributed by atoms with E-state index < -0.39 is 0 Å². The van der Waals surface area contributed by atoms with E-state index in [1.165, 1.54) is 5.56 Å². The second-order valence-electron chi connectivity index (χ2n) is 5.48. The van der Waals surface area contributed by atoms with Crippen molar-refractivity contribution in [3.63, 3.8) is 0 Å². The van der Waals surface area contributed by atoms with Gasteiger partial charge >= 0.3 is 0 Å². The molecule has 0 saturated heterocycles. The van der Waals surface area contributed by atoms with Gasteiger partial charge < -0.3 is 10.7 Å². The minimum atomic E-state index is 0.625. The van der Waals surface area contributed by atoms with Crippen molar-refractivity contribution in [1.82, 2.24) is 4.98 Å². The number of fused-ring (bicyclic) bond motifs is 1. The molecule has 0 unspecified atom stereocenters. The van der Waals surface area contributed by atoms with Crippen LogP contribution in [-0.2, 0) is 6.42 Å². The predicted octanol–water partition coefficient (Wildman–Crippen LogP) is 6.08. The zero-order chi connectivity index (χ0) is 16.4. The van der Waals surface area contributed by atoms with E-state index in [9.17, 15) is 0 Å². The van der Waals surface area contributed by atoms with Crippen molar-refractivity contribution in [2.24, 2.45) is 5.73 Å².